The van der Waals surface area contributed by atoms with E-state index in [-0.39, 0.29) is 24.4 Å². The van der Waals surface area contributed by atoms with Gasteiger partial charge in [0.2, 0.25) is 5.91 Å². The van der Waals surface area contributed by atoms with E-state index < -0.39 is 0 Å². The molecule has 0 saturated carbocycles. The largest absolute Gasteiger partial charge is 0.496 e. The molecule has 4 nitrogen and oxygen atoms in total. The number of hydrogen-bond acceptors (Lipinski definition) is 3. The van der Waals surface area contributed by atoms with Crippen LogP contribution in [0.4, 0.5) is 0 Å². The monoisotopic (exact) mass is 392 g/mol. The summed E-state index contributed by atoms with van der Waals surface area (Å²) in [6, 6.07) is 5.81. The highest BCUT2D eigenvalue weighted by atomic mass is 79.9. The Morgan fingerprint density at radius 3 is 2.59 bits per heavy atom. The highest BCUT2D eigenvalue weighted by Crippen LogP contribution is 2.23. The number of rotatable bonds is 7. The molecule has 0 spiro atoms. The Balaban J connectivity index is 0.00000441. The van der Waals surface area contributed by atoms with E-state index in [4.69, 9.17) is 10.5 Å². The molecule has 6 heteroatoms. The summed E-state index contributed by atoms with van der Waals surface area (Å²) in [5.74, 6) is 1.24. The molecule has 0 aliphatic carbocycles. The van der Waals surface area contributed by atoms with Gasteiger partial charge in [0.25, 0.3) is 0 Å². The van der Waals surface area contributed by atoms with E-state index in [9.17, 15) is 4.79 Å². The van der Waals surface area contributed by atoms with E-state index in [2.05, 4.69) is 29.8 Å². The van der Waals surface area contributed by atoms with E-state index in [1.165, 1.54) is 0 Å². The summed E-state index contributed by atoms with van der Waals surface area (Å²) < 4.78 is 6.24. The second-order valence-corrected chi connectivity index (χ2v) is 6.56. The molecule has 0 aliphatic rings. The number of ether oxygens (including phenoxy) is 1. The fraction of sp³-hybridized carbons (Fsp3) is 0.562. The molecule has 0 bridgehead atoms. The molecule has 1 aromatic rings. The summed E-state index contributed by atoms with van der Waals surface area (Å²) in [6.45, 7) is 4.87. The van der Waals surface area contributed by atoms with Crippen molar-refractivity contribution < 1.29 is 9.53 Å². The number of amides is 1. The number of nitrogens with two attached hydrogens (primary N) is 1. The Morgan fingerprint density at radius 1 is 1.41 bits per heavy atom. The summed E-state index contributed by atoms with van der Waals surface area (Å²) in [6.07, 6.45) is 1.14. The molecular weight excluding hydrogens is 368 g/mol. The molecule has 0 saturated heterocycles. The number of halogens is 2. The minimum Gasteiger partial charge on any atom is -0.496 e. The summed E-state index contributed by atoms with van der Waals surface area (Å²) in [4.78, 5) is 14.0. The normalized spacial score (nSPS) is 11.8. The third kappa shape index (κ3) is 6.55. The van der Waals surface area contributed by atoms with Crippen molar-refractivity contribution in [3.63, 3.8) is 0 Å². The van der Waals surface area contributed by atoms with Gasteiger partial charge in [-0.05, 0) is 30.5 Å². The highest BCUT2D eigenvalue weighted by Gasteiger charge is 2.15. The minimum absolute atomic E-state index is 0. The Kier molecular flexibility index (Phi) is 9.72. The maximum atomic E-state index is 12.3. The van der Waals surface area contributed by atoms with Gasteiger partial charge >= 0.3 is 0 Å². The molecule has 1 amide bonds. The maximum absolute atomic E-state index is 12.3. The Labute approximate surface area is 147 Å². The Bertz CT molecular complexity index is 483. The average Bonchev–Trinajstić information content (AvgIpc) is 2.44. The molecule has 0 heterocycles. The third-order valence-corrected chi connectivity index (χ3v) is 4.16. The molecular formula is C16H26BrClN2O2. The van der Waals surface area contributed by atoms with E-state index in [1.54, 1.807) is 12.0 Å². The van der Waals surface area contributed by atoms with Crippen LogP contribution in [0.5, 0.6) is 5.75 Å². The second kappa shape index (κ2) is 10.1. The molecule has 0 radical (unpaired) electrons. The van der Waals surface area contributed by atoms with Crippen LogP contribution in [0.25, 0.3) is 0 Å². The molecule has 0 aromatic heterocycles. The number of carbonyl (C=O) groups is 1. The van der Waals surface area contributed by atoms with E-state index in [0.717, 1.165) is 22.2 Å². The molecule has 1 rings (SSSR count). The lowest BCUT2D eigenvalue weighted by atomic mass is 10.0. The zero-order valence-electron chi connectivity index (χ0n) is 13.6. The van der Waals surface area contributed by atoms with Gasteiger partial charge in [-0.2, -0.15) is 0 Å². The van der Waals surface area contributed by atoms with Crippen molar-refractivity contribution in [3.8, 4) is 5.75 Å². The van der Waals surface area contributed by atoms with E-state index >= 15 is 0 Å². The first kappa shape index (κ1) is 21.2. The number of likely N-dealkylation sites (N-methyl/N-ethyl adjacent to an activating group) is 1. The Hall–Kier alpha value is -0.780. The third-order valence-electron chi connectivity index (χ3n) is 3.66. The lowest BCUT2D eigenvalue weighted by Gasteiger charge is -2.22. The number of carbonyl (C=O) groups excluding carboxylic acids is 1. The summed E-state index contributed by atoms with van der Waals surface area (Å²) in [5.41, 5.74) is 6.90. The van der Waals surface area contributed by atoms with Crippen molar-refractivity contribution in [3.05, 3.63) is 28.2 Å². The zero-order valence-corrected chi connectivity index (χ0v) is 16.0. The van der Waals surface area contributed by atoms with Gasteiger partial charge < -0.3 is 15.4 Å². The van der Waals surface area contributed by atoms with Gasteiger partial charge in [0, 0.05) is 29.7 Å². The van der Waals surface area contributed by atoms with Gasteiger partial charge in [-0.25, -0.2) is 0 Å². The Morgan fingerprint density at radius 2 is 2.05 bits per heavy atom. The SMILES string of the molecule is COc1ccc(Br)cc1CC(=O)N(C)CCC(N)C(C)C.Cl. The van der Waals surface area contributed by atoms with Crippen LogP contribution in [0.15, 0.2) is 22.7 Å². The van der Waals surface area contributed by atoms with Crippen LogP contribution in [-0.2, 0) is 11.2 Å². The molecule has 1 atom stereocenters. The molecule has 126 valence electrons. The van der Waals surface area contributed by atoms with E-state index in [1.807, 2.05) is 25.2 Å². The fourth-order valence-electron chi connectivity index (χ4n) is 1.98. The first-order chi connectivity index (χ1) is 9.85. The van der Waals surface area contributed by atoms with Gasteiger partial charge in [-0.1, -0.05) is 29.8 Å². The second-order valence-electron chi connectivity index (χ2n) is 5.64. The highest BCUT2D eigenvalue weighted by molar-refractivity contribution is 9.10. The minimum atomic E-state index is 0. The quantitative estimate of drug-likeness (QED) is 0.773. The van der Waals surface area contributed by atoms with Crippen LogP contribution in [0.1, 0.15) is 25.8 Å². The predicted octanol–water partition coefficient (Wildman–Crippen LogP) is 3.25. The number of hydrogen-bond donors (Lipinski definition) is 1. The number of benzene rings is 1. The van der Waals surface area contributed by atoms with Crippen molar-refractivity contribution in [2.45, 2.75) is 32.7 Å². The van der Waals surface area contributed by atoms with Crippen molar-refractivity contribution in [2.24, 2.45) is 11.7 Å². The van der Waals surface area contributed by atoms with Gasteiger partial charge in [-0.3, -0.25) is 4.79 Å². The molecule has 0 aliphatic heterocycles. The lowest BCUT2D eigenvalue weighted by Crippen LogP contribution is -2.35. The average molecular weight is 394 g/mol. The summed E-state index contributed by atoms with van der Waals surface area (Å²) in [5, 5.41) is 0. The fourth-order valence-corrected chi connectivity index (χ4v) is 2.39. The van der Waals surface area contributed by atoms with Gasteiger partial charge in [0.05, 0.1) is 13.5 Å². The first-order valence-corrected chi connectivity index (χ1v) is 7.96. The maximum Gasteiger partial charge on any atom is 0.226 e. The molecule has 0 fully saturated rings. The lowest BCUT2D eigenvalue weighted by molar-refractivity contribution is -0.129. The summed E-state index contributed by atoms with van der Waals surface area (Å²) >= 11 is 3.42. The molecule has 22 heavy (non-hydrogen) atoms. The standard InChI is InChI=1S/C16H25BrN2O2.ClH/c1-11(2)14(18)7-8-19(3)16(20)10-12-9-13(17)5-6-15(12)21-4;/h5-6,9,11,14H,7-8,10,18H2,1-4H3;1H. The van der Waals surface area contributed by atoms with Gasteiger partial charge in [0.15, 0.2) is 0 Å². The van der Waals surface area contributed by atoms with Gasteiger partial charge in [0.1, 0.15) is 5.75 Å². The van der Waals surface area contributed by atoms with Crippen LogP contribution < -0.4 is 10.5 Å². The zero-order chi connectivity index (χ0) is 16.0. The smallest absolute Gasteiger partial charge is 0.226 e. The van der Waals surface area contributed by atoms with Crippen molar-refractivity contribution in [1.82, 2.24) is 4.90 Å². The number of methoxy groups -OCH3 is 1. The van der Waals surface area contributed by atoms with Crippen LogP contribution >= 0.6 is 28.3 Å². The first-order valence-electron chi connectivity index (χ1n) is 7.17. The summed E-state index contributed by atoms with van der Waals surface area (Å²) in [7, 11) is 3.43. The molecule has 2 N–H and O–H groups in total. The molecule has 1 unspecified atom stereocenters. The van der Waals surface area contributed by atoms with Crippen LogP contribution in [0.3, 0.4) is 0 Å². The van der Waals surface area contributed by atoms with Crippen molar-refractivity contribution in [2.75, 3.05) is 20.7 Å². The van der Waals surface area contributed by atoms with E-state index in [0.29, 0.717) is 18.9 Å². The van der Waals surface area contributed by atoms with Crippen molar-refractivity contribution >= 4 is 34.2 Å². The van der Waals surface area contributed by atoms with Crippen LogP contribution in [0, 0.1) is 5.92 Å². The van der Waals surface area contributed by atoms with Crippen LogP contribution in [-0.4, -0.2) is 37.6 Å². The van der Waals surface area contributed by atoms with Gasteiger partial charge in [-0.15, -0.1) is 12.4 Å². The predicted molar refractivity (Wildman–Crippen MR) is 96.7 cm³/mol. The van der Waals surface area contributed by atoms with Crippen LogP contribution in [0.2, 0.25) is 0 Å². The van der Waals surface area contributed by atoms with Crippen molar-refractivity contribution in [1.29, 1.82) is 0 Å². The number of nitrogens with zero attached hydrogens (tertiary/aromatic N) is 1. The topological polar surface area (TPSA) is 55.6 Å². The molecule has 1 aromatic carbocycles.